The molecule has 11 heteroatoms. The van der Waals surface area contributed by atoms with Gasteiger partial charge in [0.2, 0.25) is 0 Å². The Morgan fingerprint density at radius 3 is 2.65 bits per heavy atom. The van der Waals surface area contributed by atoms with E-state index in [-0.39, 0.29) is 23.3 Å². The van der Waals surface area contributed by atoms with Crippen molar-refractivity contribution in [2.45, 2.75) is 25.3 Å². The molecule has 0 radical (unpaired) electrons. The Morgan fingerprint density at radius 2 is 1.97 bits per heavy atom. The standard InChI is InChI=1S/C26H26FN9O/c1-29-18-8-14(27)7-17-16(18)9-19-21(17)23(36-12-20(28)26(13-36)3-4-26)34-25(33-19)37-15-10-31-22(32-11-15)24-30-5-6-35(24)2/h5-8,10-11,20,29H,3-4,9,12-13,28H2,1-2H3/t20-/m0/s1. The Balaban J connectivity index is 1.28. The van der Waals surface area contributed by atoms with Crippen molar-refractivity contribution in [1.29, 1.82) is 0 Å². The van der Waals surface area contributed by atoms with Crippen LogP contribution in [-0.4, -0.2) is 55.7 Å². The summed E-state index contributed by atoms with van der Waals surface area (Å²) in [6.45, 7) is 1.51. The zero-order valence-electron chi connectivity index (χ0n) is 20.6. The van der Waals surface area contributed by atoms with E-state index >= 15 is 0 Å². The minimum Gasteiger partial charge on any atom is -0.421 e. The molecular weight excluding hydrogens is 473 g/mol. The molecule has 2 fully saturated rings. The molecule has 7 rings (SSSR count). The number of anilines is 2. The van der Waals surface area contributed by atoms with Gasteiger partial charge in [0.1, 0.15) is 11.6 Å². The molecular formula is C26H26FN9O. The van der Waals surface area contributed by atoms with Crippen molar-refractivity contribution in [3.63, 3.8) is 0 Å². The largest absolute Gasteiger partial charge is 0.421 e. The predicted octanol–water partition coefficient (Wildman–Crippen LogP) is 3.14. The van der Waals surface area contributed by atoms with Gasteiger partial charge < -0.3 is 25.3 Å². The number of hydrogen-bond donors (Lipinski definition) is 2. The molecule has 1 aromatic carbocycles. The third-order valence-electron chi connectivity index (χ3n) is 7.80. The van der Waals surface area contributed by atoms with E-state index in [1.807, 2.05) is 17.8 Å². The minimum absolute atomic E-state index is 0.0794. The van der Waals surface area contributed by atoms with Crippen molar-refractivity contribution < 1.29 is 9.13 Å². The molecule has 0 amide bonds. The Bertz CT molecular complexity index is 1530. The quantitative estimate of drug-likeness (QED) is 0.376. The number of benzene rings is 1. The highest BCUT2D eigenvalue weighted by Gasteiger charge is 2.54. The Morgan fingerprint density at radius 1 is 1.16 bits per heavy atom. The third-order valence-corrected chi connectivity index (χ3v) is 7.80. The molecule has 10 nitrogen and oxygen atoms in total. The molecule has 4 aromatic rings. The van der Waals surface area contributed by atoms with Crippen molar-refractivity contribution in [3.8, 4) is 34.5 Å². The van der Waals surface area contributed by atoms with Crippen LogP contribution in [-0.2, 0) is 13.5 Å². The van der Waals surface area contributed by atoms with Crippen LogP contribution in [0.2, 0.25) is 0 Å². The van der Waals surface area contributed by atoms with E-state index in [9.17, 15) is 4.39 Å². The van der Waals surface area contributed by atoms with Gasteiger partial charge in [-0.15, -0.1) is 0 Å². The second-order valence-electron chi connectivity index (χ2n) is 10.1. The lowest BCUT2D eigenvalue weighted by molar-refractivity contribution is 0.436. The SMILES string of the molecule is CNc1cc(F)cc2c1Cc1nc(Oc3cnc(-c4nccn4C)nc3)nc(N3C[C@H](N)C4(CC4)C3)c1-2. The van der Waals surface area contributed by atoms with Gasteiger partial charge in [-0.1, -0.05) is 0 Å². The zero-order valence-corrected chi connectivity index (χ0v) is 20.6. The van der Waals surface area contributed by atoms with Crippen molar-refractivity contribution >= 4 is 11.5 Å². The van der Waals surface area contributed by atoms with Crippen LogP contribution >= 0.6 is 0 Å². The highest BCUT2D eigenvalue weighted by Crippen LogP contribution is 2.54. The molecule has 2 aliphatic carbocycles. The maximum Gasteiger partial charge on any atom is 0.324 e. The second-order valence-corrected chi connectivity index (χ2v) is 10.1. The van der Waals surface area contributed by atoms with Gasteiger partial charge in [0.15, 0.2) is 17.4 Å². The number of fused-ring (bicyclic) bond motifs is 3. The first kappa shape index (κ1) is 22.1. The lowest BCUT2D eigenvalue weighted by Crippen LogP contribution is -2.30. The number of nitrogens with one attached hydrogen (secondary N) is 1. The van der Waals surface area contributed by atoms with Crippen LogP contribution in [0.1, 0.15) is 24.1 Å². The maximum absolute atomic E-state index is 14.6. The van der Waals surface area contributed by atoms with Crippen LogP contribution in [0, 0.1) is 11.2 Å². The van der Waals surface area contributed by atoms with Crippen molar-refractivity contribution in [1.82, 2.24) is 29.5 Å². The van der Waals surface area contributed by atoms with Gasteiger partial charge in [-0.3, -0.25) is 0 Å². The van der Waals surface area contributed by atoms with E-state index in [0.29, 0.717) is 30.4 Å². The van der Waals surface area contributed by atoms with Crippen LogP contribution in [0.15, 0.2) is 36.9 Å². The Labute approximate surface area is 212 Å². The van der Waals surface area contributed by atoms with E-state index in [1.165, 1.54) is 6.07 Å². The van der Waals surface area contributed by atoms with E-state index < -0.39 is 0 Å². The monoisotopic (exact) mass is 499 g/mol. The second kappa shape index (κ2) is 7.94. The fraction of sp³-hybridized carbons (Fsp3) is 0.346. The van der Waals surface area contributed by atoms with E-state index in [0.717, 1.165) is 53.3 Å². The van der Waals surface area contributed by atoms with Crippen LogP contribution in [0.25, 0.3) is 22.8 Å². The molecule has 1 saturated heterocycles. The average molecular weight is 500 g/mol. The number of ether oxygens (including phenoxy) is 1. The molecule has 37 heavy (non-hydrogen) atoms. The molecule has 0 bridgehead atoms. The van der Waals surface area contributed by atoms with Gasteiger partial charge in [0.25, 0.3) is 0 Å². The van der Waals surface area contributed by atoms with Crippen LogP contribution in [0.5, 0.6) is 11.8 Å². The number of halogens is 1. The van der Waals surface area contributed by atoms with Crippen LogP contribution < -0.4 is 20.7 Å². The highest BCUT2D eigenvalue weighted by molar-refractivity contribution is 5.88. The van der Waals surface area contributed by atoms with Gasteiger partial charge in [0, 0.05) is 68.7 Å². The normalized spacial score (nSPS) is 18.7. The molecule has 188 valence electrons. The maximum atomic E-state index is 14.6. The molecule has 3 N–H and O–H groups in total. The summed E-state index contributed by atoms with van der Waals surface area (Å²) in [4.78, 5) is 24.9. The predicted molar refractivity (Wildman–Crippen MR) is 136 cm³/mol. The molecule has 1 atom stereocenters. The summed E-state index contributed by atoms with van der Waals surface area (Å²) in [5, 5.41) is 3.12. The number of aryl methyl sites for hydroxylation is 1. The van der Waals surface area contributed by atoms with E-state index in [4.69, 9.17) is 20.4 Å². The molecule has 0 unspecified atom stereocenters. The Kier molecular flexibility index (Phi) is 4.74. The van der Waals surface area contributed by atoms with Gasteiger partial charge in [-0.25, -0.2) is 19.3 Å². The fourth-order valence-electron chi connectivity index (χ4n) is 5.61. The summed E-state index contributed by atoms with van der Waals surface area (Å²) >= 11 is 0. The first-order valence-corrected chi connectivity index (χ1v) is 12.3. The van der Waals surface area contributed by atoms with Gasteiger partial charge in [-0.2, -0.15) is 9.97 Å². The zero-order chi connectivity index (χ0) is 25.3. The number of rotatable bonds is 5. The molecule has 3 aliphatic rings. The van der Waals surface area contributed by atoms with Gasteiger partial charge in [0.05, 0.1) is 18.1 Å². The highest BCUT2D eigenvalue weighted by atomic mass is 19.1. The van der Waals surface area contributed by atoms with Crippen molar-refractivity contribution in [2.24, 2.45) is 18.2 Å². The number of nitrogens with zero attached hydrogens (tertiary/aromatic N) is 7. The molecule has 3 aromatic heterocycles. The Hall–Kier alpha value is -4.12. The van der Waals surface area contributed by atoms with Gasteiger partial charge in [-0.05, 0) is 36.1 Å². The number of aromatic nitrogens is 6. The summed E-state index contributed by atoms with van der Waals surface area (Å²) < 4.78 is 22.5. The average Bonchev–Trinajstić information content (AvgIpc) is 3.22. The lowest BCUT2D eigenvalue weighted by atomic mass is 10.0. The summed E-state index contributed by atoms with van der Waals surface area (Å²) in [5.74, 6) is 2.00. The van der Waals surface area contributed by atoms with Crippen molar-refractivity contribution in [2.75, 3.05) is 30.4 Å². The first-order valence-electron chi connectivity index (χ1n) is 12.3. The number of imidazole rings is 1. The smallest absolute Gasteiger partial charge is 0.324 e. The van der Waals surface area contributed by atoms with Crippen LogP contribution in [0.3, 0.4) is 0 Å². The molecule has 4 heterocycles. The minimum atomic E-state index is -0.302. The molecule has 1 saturated carbocycles. The van der Waals surface area contributed by atoms with Gasteiger partial charge >= 0.3 is 6.01 Å². The van der Waals surface area contributed by atoms with E-state index in [1.54, 1.807) is 31.7 Å². The summed E-state index contributed by atoms with van der Waals surface area (Å²) in [7, 11) is 3.68. The lowest BCUT2D eigenvalue weighted by Gasteiger charge is -2.21. The topological polar surface area (TPSA) is 120 Å². The number of hydrogen-bond acceptors (Lipinski definition) is 9. The third kappa shape index (κ3) is 3.52. The van der Waals surface area contributed by atoms with Crippen molar-refractivity contribution in [3.05, 3.63) is 54.0 Å². The number of nitrogens with two attached hydrogens (primary N) is 1. The first-order chi connectivity index (χ1) is 17.9. The summed E-state index contributed by atoms with van der Waals surface area (Å²) in [6, 6.07) is 3.37. The van der Waals surface area contributed by atoms with E-state index in [2.05, 4.69) is 25.2 Å². The summed E-state index contributed by atoms with van der Waals surface area (Å²) in [5.41, 5.74) is 10.9. The summed E-state index contributed by atoms with van der Waals surface area (Å²) in [6.07, 6.45) is 9.49. The van der Waals surface area contributed by atoms with Crippen LogP contribution in [0.4, 0.5) is 15.9 Å². The fourth-order valence-corrected chi connectivity index (χ4v) is 5.61. The molecule has 1 aliphatic heterocycles. The molecule has 1 spiro atoms.